The molecule has 4 aromatic rings. The van der Waals surface area contributed by atoms with E-state index in [4.69, 9.17) is 28.8 Å². The summed E-state index contributed by atoms with van der Waals surface area (Å²) in [5, 5.41) is 4.42. The van der Waals surface area contributed by atoms with Crippen molar-refractivity contribution in [3.8, 4) is 11.5 Å². The lowest BCUT2D eigenvalue weighted by molar-refractivity contribution is -0.211. The van der Waals surface area contributed by atoms with E-state index in [1.165, 1.54) is 72.8 Å². The number of hydrogen-bond donors (Lipinski definition) is 1. The highest BCUT2D eigenvalue weighted by Crippen LogP contribution is 2.68. The van der Waals surface area contributed by atoms with Crippen molar-refractivity contribution in [2.45, 2.75) is 230 Å². The zero-order chi connectivity index (χ0) is 67.9. The molecule has 5 aliphatic carbocycles. The smallest absolute Gasteiger partial charge is 0.369 e. The largest absolute Gasteiger partial charge is 0.743 e. The Morgan fingerprint density at radius 3 is 1.57 bits per heavy atom. The van der Waals surface area contributed by atoms with E-state index in [2.05, 4.69) is 110 Å². The molecule has 4 aromatic carbocycles. The lowest BCUT2D eigenvalue weighted by Gasteiger charge is -2.59. The molecule has 8 fully saturated rings. The van der Waals surface area contributed by atoms with E-state index in [1.807, 2.05) is 55.4 Å². The van der Waals surface area contributed by atoms with Crippen LogP contribution >= 0.6 is 0 Å². The molecule has 6 bridgehead atoms. The number of carbonyl (C=O) groups excluding carboxylic acids is 5. The average molecular weight is 1320 g/mol. The molecule has 92 heavy (non-hydrogen) atoms. The van der Waals surface area contributed by atoms with Crippen LogP contribution in [0.25, 0.3) is 0 Å². The quantitative estimate of drug-likeness (QED) is 0.0322. The molecule has 12 rings (SSSR count). The molecule has 0 amide bonds. The van der Waals surface area contributed by atoms with Crippen LogP contribution in [0.5, 0.6) is 11.5 Å². The minimum Gasteiger partial charge on any atom is -0.743 e. The average Bonchev–Trinajstić information content (AvgIpc) is 1.49. The van der Waals surface area contributed by atoms with Gasteiger partial charge in [0, 0.05) is 5.92 Å². The lowest BCUT2D eigenvalue weighted by atomic mass is 9.49. The van der Waals surface area contributed by atoms with Crippen LogP contribution in [0, 0.1) is 63.1 Å². The van der Waals surface area contributed by atoms with Crippen LogP contribution in [-0.4, -0.2) is 89.3 Å². The van der Waals surface area contributed by atoms with Crippen LogP contribution in [-0.2, 0) is 68.7 Å². The molecule has 19 heteroatoms. The Morgan fingerprint density at radius 1 is 0.630 bits per heavy atom. The second-order valence-corrected chi connectivity index (χ2v) is 31.8. The van der Waals surface area contributed by atoms with Gasteiger partial charge in [0.25, 0.3) is 0 Å². The summed E-state index contributed by atoms with van der Waals surface area (Å²) in [6.45, 7) is 25.0. The Morgan fingerprint density at radius 2 is 1.09 bits per heavy atom. The first-order chi connectivity index (χ1) is 43.1. The normalized spacial score (nSPS) is 26.8. The Bertz CT molecular complexity index is 3160. The van der Waals surface area contributed by atoms with Crippen LogP contribution in [0.15, 0.2) is 130 Å². The summed E-state index contributed by atoms with van der Waals surface area (Å²) >= 11 is 0. The predicted octanol–water partition coefficient (Wildman–Crippen LogP) is 15.3. The van der Waals surface area contributed by atoms with Gasteiger partial charge < -0.3 is 38.1 Å². The SMILES string of the molecule is CCC(C)(C)C(=O)OC(C)C(F)(F)S(=O)(=O)[O-].CCC(C)(C)C(=O)OC1(CC)CC2CCC1C1C3CCC(C3)C21.CCC(C)(C)C(=O)OC1C2CC3C(=O)OC1C3O2.CCC(C)(C)C(=O)Oc1ccc(O)cc1.c1ccc([S+](c2ccccc2)c2ccccc2)cc1. The van der Waals surface area contributed by atoms with Gasteiger partial charge in [-0.15, -0.1) is 0 Å². The monoisotopic (exact) mass is 1320 g/mol. The van der Waals surface area contributed by atoms with Gasteiger partial charge in [-0.1, -0.05) is 89.2 Å². The van der Waals surface area contributed by atoms with Gasteiger partial charge in [-0.25, -0.2) is 8.42 Å². The van der Waals surface area contributed by atoms with Crippen LogP contribution in [0.3, 0.4) is 0 Å². The fraction of sp³-hybridized carbons (Fsp3) is 0.603. The number of phenols is 1. The molecule has 3 saturated heterocycles. The van der Waals surface area contributed by atoms with Gasteiger partial charge in [0.1, 0.15) is 23.2 Å². The van der Waals surface area contributed by atoms with Crippen molar-refractivity contribution in [2.24, 2.45) is 63.1 Å². The fourth-order valence-electron chi connectivity index (χ4n) is 13.5. The minimum absolute atomic E-state index is 0.0146. The third-order valence-electron chi connectivity index (χ3n) is 20.9. The number of fused-ring (bicyclic) bond motifs is 5. The maximum absolute atomic E-state index is 13.0. The van der Waals surface area contributed by atoms with Crippen LogP contribution in [0.1, 0.15) is 174 Å². The number of hydrogen-bond acceptors (Lipinski definition) is 15. The van der Waals surface area contributed by atoms with E-state index in [-0.39, 0.29) is 69.7 Å². The first kappa shape index (κ1) is 73.5. The molecule has 0 aromatic heterocycles. The van der Waals surface area contributed by atoms with Gasteiger partial charge in [-0.05, 0) is 230 Å². The van der Waals surface area contributed by atoms with Gasteiger partial charge >= 0.3 is 35.1 Å². The molecule has 13 unspecified atom stereocenters. The van der Waals surface area contributed by atoms with Gasteiger partial charge in [-0.2, -0.15) is 8.78 Å². The molecule has 1 N–H and O–H groups in total. The number of phenolic OH excluding ortho intramolecular Hbond substituents is 1. The van der Waals surface area contributed by atoms with Crippen LogP contribution in [0.2, 0.25) is 0 Å². The first-order valence-corrected chi connectivity index (χ1v) is 35.5. The van der Waals surface area contributed by atoms with Crippen molar-refractivity contribution >= 4 is 50.9 Å². The minimum atomic E-state index is -5.86. The number of halogens is 2. The van der Waals surface area contributed by atoms with E-state index in [9.17, 15) is 45.7 Å². The molecule has 0 radical (unpaired) electrons. The van der Waals surface area contributed by atoms with Crippen LogP contribution < -0.4 is 4.74 Å². The summed E-state index contributed by atoms with van der Waals surface area (Å²) in [5.41, 5.74) is -2.48. The molecule has 8 aliphatic rings. The highest BCUT2D eigenvalue weighted by atomic mass is 32.2. The molecular formula is C73H98F2O15S2. The van der Waals surface area contributed by atoms with Crippen molar-refractivity contribution in [2.75, 3.05) is 0 Å². The second kappa shape index (κ2) is 29.8. The number of ether oxygens (including phenoxy) is 6. The Kier molecular flexibility index (Phi) is 23.8. The Hall–Kier alpha value is -5.89. The van der Waals surface area contributed by atoms with Crippen molar-refractivity contribution < 1.29 is 79.3 Å². The molecule has 3 heterocycles. The van der Waals surface area contributed by atoms with Gasteiger partial charge in [0.05, 0.1) is 44.6 Å². The van der Waals surface area contributed by atoms with Crippen molar-refractivity contribution in [1.82, 2.24) is 0 Å². The van der Waals surface area contributed by atoms with Gasteiger partial charge in [0.15, 0.2) is 43.1 Å². The molecule has 3 aliphatic heterocycles. The molecule has 5 saturated carbocycles. The van der Waals surface area contributed by atoms with E-state index in [0.717, 1.165) is 55.3 Å². The van der Waals surface area contributed by atoms with Crippen molar-refractivity contribution in [3.05, 3.63) is 115 Å². The summed E-state index contributed by atoms with van der Waals surface area (Å²) in [5.74, 6) is 4.12. The van der Waals surface area contributed by atoms with Gasteiger partial charge in [-0.3, -0.25) is 24.0 Å². The lowest BCUT2D eigenvalue weighted by Crippen LogP contribution is -2.59. The van der Waals surface area contributed by atoms with Crippen molar-refractivity contribution in [3.63, 3.8) is 0 Å². The number of alkyl halides is 2. The molecule has 506 valence electrons. The number of esters is 5. The second-order valence-electron chi connectivity index (χ2n) is 28.3. The van der Waals surface area contributed by atoms with Gasteiger partial charge in [0.2, 0.25) is 0 Å². The summed E-state index contributed by atoms with van der Waals surface area (Å²) in [6.07, 6.45) is 9.02. The van der Waals surface area contributed by atoms with E-state index in [0.29, 0.717) is 37.9 Å². The zero-order valence-corrected chi connectivity index (χ0v) is 57.8. The summed E-state index contributed by atoms with van der Waals surface area (Å²) in [4.78, 5) is 63.6. The van der Waals surface area contributed by atoms with Crippen molar-refractivity contribution in [1.29, 1.82) is 0 Å². The number of benzene rings is 4. The molecular weight excluding hydrogens is 1220 g/mol. The summed E-state index contributed by atoms with van der Waals surface area (Å²) < 4.78 is 89.3. The maximum atomic E-state index is 13.0. The first-order valence-electron chi connectivity index (χ1n) is 32.9. The highest BCUT2D eigenvalue weighted by Gasteiger charge is 2.66. The molecule has 13 atom stereocenters. The van der Waals surface area contributed by atoms with E-state index >= 15 is 0 Å². The highest BCUT2D eigenvalue weighted by molar-refractivity contribution is 7.97. The molecule has 0 spiro atoms. The third kappa shape index (κ3) is 16.4. The van der Waals surface area contributed by atoms with E-state index in [1.54, 1.807) is 19.1 Å². The third-order valence-corrected chi connectivity index (χ3v) is 24.2. The Labute approximate surface area is 547 Å². The number of aromatic hydroxyl groups is 1. The fourth-order valence-corrected chi connectivity index (χ4v) is 16.1. The standard InChI is InChI=1S/C21H34O2.C18H15S.C13H18O5.C12H16O3.C9H16F2O5S/c1-5-20(3,4)19(22)23-21(6-2)12-15-9-10-16(21)18-14-8-7-13(11-14)17(15)18;1-4-10-16(11-5-1)19(17-12-6-2-7-13-17)18-14-8-3-9-15-18;1-4-13(2,3)12(15)18-9-7-5-6-8(16-7)10(9)17-11(6)14;1-4-12(2,3)11(14)15-10-7-5-9(13)6-8-10;1-5-8(3,4)7(12)16-6(2)9(10,11)17(13,14)15/h13-18H,5-12H2,1-4H3;1-15H;6-10H,4-5H2,1-3H3;5-8,13H,4H2,1-3H3;6H,5H2,1-4H3,(H,13,14,15)/q;+1;;;/p-1. The number of carbonyl (C=O) groups is 5. The van der Waals surface area contributed by atoms with E-state index < -0.39 is 55.9 Å². The topological polar surface area (TPSA) is 218 Å². The summed E-state index contributed by atoms with van der Waals surface area (Å²) in [6, 6.07) is 38.3. The number of rotatable bonds is 18. The molecule has 15 nitrogen and oxygen atoms in total. The zero-order valence-electron chi connectivity index (χ0n) is 56.1. The Balaban J connectivity index is 0.000000165. The maximum Gasteiger partial charge on any atom is 0.369 e. The predicted molar refractivity (Wildman–Crippen MR) is 346 cm³/mol. The van der Waals surface area contributed by atoms with Crippen LogP contribution in [0.4, 0.5) is 8.78 Å². The summed E-state index contributed by atoms with van der Waals surface area (Å²) in [7, 11) is -5.87.